The highest BCUT2D eigenvalue weighted by Gasteiger charge is 2.30. The summed E-state index contributed by atoms with van der Waals surface area (Å²) in [4.78, 5) is 0. The molecule has 0 heterocycles. The molecule has 0 aliphatic heterocycles. The van der Waals surface area contributed by atoms with Crippen LogP contribution >= 0.6 is 15.9 Å². The largest absolute Gasteiger partial charge is 0.493 e. The third-order valence-electron chi connectivity index (χ3n) is 1.56. The molecule has 1 aromatic rings. The summed E-state index contributed by atoms with van der Waals surface area (Å²) in [5.74, 6) is 0.417. The van der Waals surface area contributed by atoms with Crippen molar-refractivity contribution in [1.82, 2.24) is 0 Å². The van der Waals surface area contributed by atoms with Crippen molar-refractivity contribution in [2.45, 2.75) is 13.1 Å². The number of alkyl halides is 3. The lowest BCUT2D eigenvalue weighted by molar-refractivity contribution is -0.137. The second-order valence-corrected chi connectivity index (χ2v) is 3.43. The molecule has 0 bridgehead atoms. The molecule has 0 amide bonds. The molecule has 14 heavy (non-hydrogen) atoms. The Balaban J connectivity index is 3.01. The van der Waals surface area contributed by atoms with Gasteiger partial charge in [-0.3, -0.25) is 0 Å². The van der Waals surface area contributed by atoms with Gasteiger partial charge in [0.15, 0.2) is 0 Å². The summed E-state index contributed by atoms with van der Waals surface area (Å²) in [6.45, 7) is 2.19. The second-order valence-electron chi connectivity index (χ2n) is 2.58. The SMILES string of the molecule is CCOc1ccc(C(F)(F)F)cc1Br. The zero-order valence-corrected chi connectivity index (χ0v) is 8.95. The Hall–Kier alpha value is -0.710. The fourth-order valence-corrected chi connectivity index (χ4v) is 1.44. The summed E-state index contributed by atoms with van der Waals surface area (Å²) in [5, 5.41) is 0. The molecule has 0 spiro atoms. The zero-order chi connectivity index (χ0) is 10.8. The minimum absolute atomic E-state index is 0.314. The van der Waals surface area contributed by atoms with Crippen molar-refractivity contribution < 1.29 is 17.9 Å². The molecule has 0 fully saturated rings. The Bertz CT molecular complexity index is 322. The molecule has 0 N–H and O–H groups in total. The Kier molecular flexibility index (Phi) is 3.42. The maximum absolute atomic E-state index is 12.2. The van der Waals surface area contributed by atoms with Gasteiger partial charge in [-0.05, 0) is 41.1 Å². The van der Waals surface area contributed by atoms with Crippen molar-refractivity contribution in [3.05, 3.63) is 28.2 Å². The van der Waals surface area contributed by atoms with Gasteiger partial charge in [-0.2, -0.15) is 13.2 Å². The molecule has 1 aromatic carbocycles. The summed E-state index contributed by atoms with van der Waals surface area (Å²) in [6, 6.07) is 3.30. The minimum Gasteiger partial charge on any atom is -0.493 e. The lowest BCUT2D eigenvalue weighted by atomic mass is 10.2. The highest BCUT2D eigenvalue weighted by atomic mass is 79.9. The highest BCUT2D eigenvalue weighted by Crippen LogP contribution is 2.34. The van der Waals surface area contributed by atoms with E-state index in [2.05, 4.69) is 15.9 Å². The summed E-state index contributed by atoms with van der Waals surface area (Å²) < 4.78 is 42.1. The van der Waals surface area contributed by atoms with Crippen molar-refractivity contribution in [3.63, 3.8) is 0 Å². The first-order valence-electron chi connectivity index (χ1n) is 3.94. The Morgan fingerprint density at radius 3 is 2.43 bits per heavy atom. The van der Waals surface area contributed by atoms with E-state index in [1.807, 2.05) is 0 Å². The van der Waals surface area contributed by atoms with Crippen LogP contribution in [0.2, 0.25) is 0 Å². The third-order valence-corrected chi connectivity index (χ3v) is 2.18. The van der Waals surface area contributed by atoms with Gasteiger partial charge in [0, 0.05) is 0 Å². The predicted octanol–water partition coefficient (Wildman–Crippen LogP) is 3.87. The van der Waals surface area contributed by atoms with Gasteiger partial charge in [0.05, 0.1) is 16.6 Å². The normalized spacial score (nSPS) is 11.5. The van der Waals surface area contributed by atoms with E-state index in [4.69, 9.17) is 4.74 Å². The van der Waals surface area contributed by atoms with Crippen LogP contribution in [0.15, 0.2) is 22.7 Å². The minimum atomic E-state index is -4.31. The number of ether oxygens (including phenoxy) is 1. The fourth-order valence-electron chi connectivity index (χ4n) is 0.950. The number of halogens is 4. The molecule has 1 rings (SSSR count). The maximum atomic E-state index is 12.2. The summed E-state index contributed by atoms with van der Waals surface area (Å²) in [5.41, 5.74) is -0.687. The molecule has 0 unspecified atom stereocenters. The van der Waals surface area contributed by atoms with Crippen LogP contribution in [-0.2, 0) is 6.18 Å². The van der Waals surface area contributed by atoms with E-state index in [0.29, 0.717) is 16.8 Å². The number of hydrogen-bond donors (Lipinski definition) is 0. The number of rotatable bonds is 2. The van der Waals surface area contributed by atoms with Crippen LogP contribution in [0.1, 0.15) is 12.5 Å². The number of benzene rings is 1. The second kappa shape index (κ2) is 4.21. The predicted molar refractivity (Wildman–Crippen MR) is 50.3 cm³/mol. The molecule has 0 aromatic heterocycles. The topological polar surface area (TPSA) is 9.23 Å². The first-order valence-corrected chi connectivity index (χ1v) is 4.74. The number of hydrogen-bond acceptors (Lipinski definition) is 1. The van der Waals surface area contributed by atoms with E-state index < -0.39 is 11.7 Å². The van der Waals surface area contributed by atoms with Gasteiger partial charge in [0.2, 0.25) is 0 Å². The van der Waals surface area contributed by atoms with Crippen molar-refractivity contribution in [2.75, 3.05) is 6.61 Å². The smallest absolute Gasteiger partial charge is 0.416 e. The molecular weight excluding hydrogens is 261 g/mol. The van der Waals surface area contributed by atoms with Gasteiger partial charge < -0.3 is 4.74 Å². The van der Waals surface area contributed by atoms with Gasteiger partial charge in [-0.15, -0.1) is 0 Å². The first kappa shape index (κ1) is 11.4. The van der Waals surface area contributed by atoms with Crippen molar-refractivity contribution >= 4 is 15.9 Å². The molecule has 0 radical (unpaired) electrons. The van der Waals surface area contributed by atoms with Crippen LogP contribution in [0.25, 0.3) is 0 Å². The molecule has 0 atom stereocenters. The lowest BCUT2D eigenvalue weighted by Crippen LogP contribution is -2.05. The standard InChI is InChI=1S/C9H8BrF3O/c1-2-14-8-4-3-6(5-7(8)10)9(11,12)13/h3-5H,2H2,1H3. The van der Waals surface area contributed by atoms with Crippen molar-refractivity contribution in [3.8, 4) is 5.75 Å². The van der Waals surface area contributed by atoms with Gasteiger partial charge in [-0.1, -0.05) is 0 Å². The third kappa shape index (κ3) is 2.64. The average molecular weight is 269 g/mol. The summed E-state index contributed by atoms with van der Waals surface area (Å²) in [6.07, 6.45) is -4.31. The summed E-state index contributed by atoms with van der Waals surface area (Å²) in [7, 11) is 0. The zero-order valence-electron chi connectivity index (χ0n) is 7.36. The van der Waals surface area contributed by atoms with Gasteiger partial charge in [0.25, 0.3) is 0 Å². The van der Waals surface area contributed by atoms with Crippen molar-refractivity contribution in [1.29, 1.82) is 0 Å². The molecule has 0 saturated carbocycles. The lowest BCUT2D eigenvalue weighted by Gasteiger charge is -2.10. The first-order chi connectivity index (χ1) is 6.45. The molecule has 5 heteroatoms. The molecule has 78 valence electrons. The fraction of sp³-hybridized carbons (Fsp3) is 0.333. The van der Waals surface area contributed by atoms with Crippen LogP contribution in [0.3, 0.4) is 0 Å². The van der Waals surface area contributed by atoms with Gasteiger partial charge in [0.1, 0.15) is 5.75 Å². The van der Waals surface area contributed by atoms with Gasteiger partial charge in [-0.25, -0.2) is 0 Å². The Morgan fingerprint density at radius 2 is 2.00 bits per heavy atom. The maximum Gasteiger partial charge on any atom is 0.416 e. The van der Waals surface area contributed by atoms with Crippen LogP contribution < -0.4 is 4.74 Å². The quantitative estimate of drug-likeness (QED) is 0.792. The Morgan fingerprint density at radius 1 is 1.36 bits per heavy atom. The van der Waals surface area contributed by atoms with Crippen molar-refractivity contribution in [2.24, 2.45) is 0 Å². The van der Waals surface area contributed by atoms with E-state index in [-0.39, 0.29) is 0 Å². The van der Waals surface area contributed by atoms with E-state index in [0.717, 1.165) is 12.1 Å². The molecule has 0 aliphatic carbocycles. The molecule has 0 saturated heterocycles. The van der Waals surface area contributed by atoms with E-state index >= 15 is 0 Å². The van der Waals surface area contributed by atoms with E-state index in [1.165, 1.54) is 6.07 Å². The molecular formula is C9H8BrF3O. The summed E-state index contributed by atoms with van der Waals surface area (Å²) >= 11 is 3.02. The van der Waals surface area contributed by atoms with E-state index in [1.54, 1.807) is 6.92 Å². The van der Waals surface area contributed by atoms with Crippen LogP contribution in [0.5, 0.6) is 5.75 Å². The average Bonchev–Trinajstić information content (AvgIpc) is 2.07. The monoisotopic (exact) mass is 268 g/mol. The molecule has 0 aliphatic rings. The van der Waals surface area contributed by atoms with Crippen LogP contribution in [0.4, 0.5) is 13.2 Å². The van der Waals surface area contributed by atoms with E-state index in [9.17, 15) is 13.2 Å². The van der Waals surface area contributed by atoms with Crippen LogP contribution in [0, 0.1) is 0 Å². The van der Waals surface area contributed by atoms with Gasteiger partial charge >= 0.3 is 6.18 Å². The molecule has 1 nitrogen and oxygen atoms in total. The van der Waals surface area contributed by atoms with Crippen LogP contribution in [-0.4, -0.2) is 6.61 Å². The highest BCUT2D eigenvalue weighted by molar-refractivity contribution is 9.10. The Labute approximate surface area is 88.0 Å².